The number of nitrogens with zero attached hydrogens (tertiary/aromatic N) is 12. The first-order valence-electron chi connectivity index (χ1n) is 27.4. The van der Waals surface area contributed by atoms with E-state index in [9.17, 15) is 15.0 Å². The van der Waals surface area contributed by atoms with Crippen LogP contribution < -0.4 is 4.74 Å². The fraction of sp³-hybridized carbons (Fsp3) is 0.450. The molecule has 10 rings (SSSR count). The van der Waals surface area contributed by atoms with Crippen molar-refractivity contribution in [3.05, 3.63) is 183 Å². The second-order valence-corrected chi connectivity index (χ2v) is 25.0. The number of ether oxygens (including phenoxy) is 3. The molecule has 0 radical (unpaired) electrons. The fourth-order valence-electron chi connectivity index (χ4n) is 9.30. The minimum Gasteiger partial charge on any atom is -0.461 e. The van der Waals surface area contributed by atoms with E-state index in [2.05, 4.69) is 54.2 Å². The highest BCUT2D eigenvalue weighted by Gasteiger charge is 2.46. The van der Waals surface area contributed by atoms with Gasteiger partial charge in [0.2, 0.25) is 11.6 Å². The van der Waals surface area contributed by atoms with E-state index in [0.29, 0.717) is 64.4 Å². The van der Waals surface area contributed by atoms with Crippen LogP contribution in [0.1, 0.15) is 110 Å². The zero-order valence-electron chi connectivity index (χ0n) is 47.9. The van der Waals surface area contributed by atoms with Gasteiger partial charge in [-0.05, 0) is 121 Å². The largest absolute Gasteiger partial charge is 0.461 e. The van der Waals surface area contributed by atoms with E-state index in [1.807, 2.05) is 96.1 Å². The number of Topliss-reactive ketones (excluding diaryl/α,β-unsaturated/α-hetero) is 1. The van der Waals surface area contributed by atoms with Crippen molar-refractivity contribution in [1.82, 2.24) is 59.1 Å². The average Bonchev–Trinajstić information content (AvgIpc) is 3.37. The first-order chi connectivity index (χ1) is 39.4. The zero-order valence-corrected chi connectivity index (χ0v) is 51.7. The molecule has 2 N–H and O–H groups in total. The molecule has 6 atom stereocenters. The molecule has 8 aromatic rings. The molecule has 4 aromatic heterocycles. The van der Waals surface area contributed by atoms with Crippen LogP contribution in [0.5, 0.6) is 5.75 Å². The van der Waals surface area contributed by atoms with Crippen LogP contribution in [0, 0.1) is 22.7 Å². The normalized spacial score (nSPS) is 18.2. The second kappa shape index (κ2) is 28.9. The van der Waals surface area contributed by atoms with Gasteiger partial charge < -0.3 is 24.4 Å². The lowest BCUT2D eigenvalue weighted by atomic mass is 9.73. The quantitative estimate of drug-likeness (QED) is 0.0772. The summed E-state index contributed by atoms with van der Waals surface area (Å²) in [6, 6.07) is 27.4. The highest BCUT2D eigenvalue weighted by molar-refractivity contribution is 6.35. The minimum atomic E-state index is -0.963. The lowest BCUT2D eigenvalue weighted by molar-refractivity contribution is -0.189. The predicted octanol–water partition coefficient (Wildman–Crippen LogP) is 13.0. The van der Waals surface area contributed by atoms with Crippen molar-refractivity contribution in [3.63, 3.8) is 0 Å². The number of benzene rings is 4. The van der Waals surface area contributed by atoms with Crippen molar-refractivity contribution in [2.45, 2.75) is 143 Å². The summed E-state index contributed by atoms with van der Waals surface area (Å²) >= 11 is 30.1. The van der Waals surface area contributed by atoms with Crippen LogP contribution in [-0.4, -0.2) is 93.4 Å². The van der Waals surface area contributed by atoms with Gasteiger partial charge in [0.1, 0.15) is 68.5 Å². The van der Waals surface area contributed by atoms with Gasteiger partial charge in [-0.15, -0.1) is 0 Å². The summed E-state index contributed by atoms with van der Waals surface area (Å²) in [6.45, 7) is 17.6. The van der Waals surface area contributed by atoms with E-state index in [-0.39, 0.29) is 23.2 Å². The summed E-state index contributed by atoms with van der Waals surface area (Å²) in [4.78, 5) is 28.2. The summed E-state index contributed by atoms with van der Waals surface area (Å²) in [7, 11) is 0. The first-order valence-corrected chi connectivity index (χ1v) is 29.3. The third kappa shape index (κ3) is 18.1. The van der Waals surface area contributed by atoms with Gasteiger partial charge in [-0.2, -0.15) is 20.4 Å². The van der Waals surface area contributed by atoms with Crippen molar-refractivity contribution in [2.24, 2.45) is 22.7 Å². The van der Waals surface area contributed by atoms with E-state index in [1.165, 1.54) is 54.7 Å². The molecule has 1 saturated carbocycles. The van der Waals surface area contributed by atoms with Gasteiger partial charge in [-0.1, -0.05) is 150 Å². The number of hydrogen-bond acceptors (Lipinski definition) is 14. The Morgan fingerprint density at radius 2 is 1.23 bits per heavy atom. The molecule has 4 aromatic carbocycles. The summed E-state index contributed by atoms with van der Waals surface area (Å²) in [5.74, 6) is 0.257. The molecule has 23 heteroatoms. The van der Waals surface area contributed by atoms with E-state index < -0.39 is 28.6 Å². The van der Waals surface area contributed by atoms with Crippen molar-refractivity contribution in [2.75, 3.05) is 6.61 Å². The predicted molar refractivity (Wildman–Crippen MR) is 321 cm³/mol. The summed E-state index contributed by atoms with van der Waals surface area (Å²) in [5, 5.41) is 41.9. The maximum absolute atomic E-state index is 12.5. The Morgan fingerprint density at radius 1 is 0.699 bits per heavy atom. The molecule has 444 valence electrons. The number of carbonyl (C=O) groups is 1. The average molecular weight is 1240 g/mol. The molecule has 0 spiro atoms. The molecule has 2 aliphatic rings. The number of hydrogen-bond donors (Lipinski definition) is 2. The maximum Gasteiger partial charge on any atom is 0.252 e. The standard InChI is InChI=1S/C16H22ClN3O.C15H17Cl2N3O2.C15H18ClN3O.C14H16ClN3O2/c1-15(2,3)16(21,10-20-12-18-11-19-20)9-8-13-4-6-14(17)7-5-13;1-2-3-12-7-21-15(22-12,8-20-10-18-9-19-20)13-5-4-11(16)6-14(13)17;1-11(12-2-3-12)15(20,8-19-10-17-9-18-19)13-4-6-14(16)7-5-13;1-14(2,3)12(19)13(18-9-16-8-17-18)20-11-6-4-10(15)5-7-11/h4-7,11-12,21H,8-10H2,1-3H3;4-6,9-10,12H,2-3,7-8H2,1H3;4-7,9-12,20H,2-3,8H2,1H3;4-9,13H,1-3H3. The number of carbonyl (C=O) groups excluding carboxylic acids is 1. The molecule has 0 amide bonds. The lowest BCUT2D eigenvalue weighted by Crippen LogP contribution is -2.47. The number of halogens is 5. The van der Waals surface area contributed by atoms with E-state index >= 15 is 0 Å². The summed E-state index contributed by atoms with van der Waals surface area (Å²) in [6.07, 6.45) is 17.2. The molecule has 2 fully saturated rings. The Kier molecular flexibility index (Phi) is 22.5. The Hall–Kier alpha value is -5.80. The lowest BCUT2D eigenvalue weighted by Gasteiger charge is -2.40. The summed E-state index contributed by atoms with van der Waals surface area (Å²) < 4.78 is 24.5. The van der Waals surface area contributed by atoms with Crippen molar-refractivity contribution in [3.8, 4) is 5.75 Å². The Bertz CT molecular complexity index is 3200. The number of aromatic nitrogens is 12. The van der Waals surface area contributed by atoms with Gasteiger partial charge in [0.15, 0.2) is 0 Å². The first kappa shape index (κ1) is 64.8. The number of aryl methyl sites for hydroxylation is 1. The third-order valence-corrected chi connectivity index (χ3v) is 16.0. The smallest absolute Gasteiger partial charge is 0.252 e. The molecule has 5 heterocycles. The number of rotatable bonds is 19. The van der Waals surface area contributed by atoms with Crippen LogP contribution in [0.15, 0.2) is 142 Å². The van der Waals surface area contributed by atoms with Crippen LogP contribution in [0.4, 0.5) is 0 Å². The molecule has 1 aliphatic heterocycles. The van der Waals surface area contributed by atoms with Crippen LogP contribution in [0.25, 0.3) is 0 Å². The van der Waals surface area contributed by atoms with Crippen LogP contribution in [0.2, 0.25) is 25.1 Å². The maximum atomic E-state index is 12.5. The van der Waals surface area contributed by atoms with Gasteiger partial charge in [0.25, 0.3) is 6.23 Å². The van der Waals surface area contributed by atoms with Gasteiger partial charge in [-0.3, -0.25) is 9.48 Å². The topological polar surface area (TPSA) is 208 Å². The van der Waals surface area contributed by atoms with E-state index in [4.69, 9.17) is 72.2 Å². The molecule has 0 bridgehead atoms. The number of aliphatic hydroxyl groups is 2. The Morgan fingerprint density at radius 3 is 1.73 bits per heavy atom. The van der Waals surface area contributed by atoms with Gasteiger partial charge in [0.05, 0.1) is 36.4 Å². The van der Waals surface area contributed by atoms with Crippen molar-refractivity contribution < 1.29 is 29.2 Å². The molecule has 1 aliphatic carbocycles. The van der Waals surface area contributed by atoms with Crippen LogP contribution in [-0.2, 0) is 51.7 Å². The molecular formula is C60H73Cl5N12O6. The van der Waals surface area contributed by atoms with Crippen LogP contribution in [0.3, 0.4) is 0 Å². The minimum absolute atomic E-state index is 0.0419. The Labute approximate surface area is 510 Å². The zero-order chi connectivity index (χ0) is 60.0. The fourth-order valence-corrected chi connectivity index (χ4v) is 10.2. The number of ketones is 1. The van der Waals surface area contributed by atoms with E-state index in [1.54, 1.807) is 69.4 Å². The summed E-state index contributed by atoms with van der Waals surface area (Å²) in [5.41, 5.74) is 0.193. The SMILES string of the molecule is CC(C)(C)C(=O)C(Oc1ccc(Cl)cc1)n1cncn1.CC(C)(C)C(O)(CCc1ccc(Cl)cc1)Cn1cncn1.CC(C1CC1)C(O)(Cn1cncn1)c1ccc(Cl)cc1.CCCC1COC(Cn2cncn2)(c2ccc(Cl)cc2Cl)O1. The Balaban J connectivity index is 0.000000159. The molecule has 1 saturated heterocycles. The molecule has 6 unspecified atom stereocenters. The van der Waals surface area contributed by atoms with Crippen molar-refractivity contribution in [1.29, 1.82) is 0 Å². The second-order valence-electron chi connectivity index (χ2n) is 22.9. The third-order valence-electron chi connectivity index (χ3n) is 14.7. The highest BCUT2D eigenvalue weighted by Crippen LogP contribution is 2.47. The van der Waals surface area contributed by atoms with Gasteiger partial charge >= 0.3 is 0 Å². The molecule has 83 heavy (non-hydrogen) atoms. The monoisotopic (exact) mass is 1230 g/mol. The van der Waals surface area contributed by atoms with Gasteiger partial charge in [-0.25, -0.2) is 34.0 Å². The van der Waals surface area contributed by atoms with Gasteiger partial charge in [0, 0.05) is 31.1 Å². The van der Waals surface area contributed by atoms with Crippen molar-refractivity contribution >= 4 is 63.8 Å². The highest BCUT2D eigenvalue weighted by atomic mass is 35.5. The molecule has 18 nitrogen and oxygen atoms in total. The van der Waals surface area contributed by atoms with Crippen LogP contribution >= 0.6 is 58.0 Å². The van der Waals surface area contributed by atoms with E-state index in [0.717, 1.165) is 35.4 Å². The molecular weight excluding hydrogens is 1160 g/mol.